The maximum absolute atomic E-state index is 13.1. The Labute approximate surface area is 160 Å². The summed E-state index contributed by atoms with van der Waals surface area (Å²) in [4.78, 5) is 33.0. The van der Waals surface area contributed by atoms with Gasteiger partial charge in [0.05, 0.1) is 31.0 Å². The normalized spacial score (nSPS) is 30.7. The molecule has 2 aromatic rings. The molecule has 0 radical (unpaired) electrons. The molecule has 4 atom stereocenters. The van der Waals surface area contributed by atoms with Crippen LogP contribution in [0.4, 0.5) is 0 Å². The molecule has 2 amide bonds. The molecule has 138 valence electrons. The number of rotatable bonds is 5. The van der Waals surface area contributed by atoms with Crippen molar-refractivity contribution in [3.05, 3.63) is 64.6 Å². The number of aromatic nitrogens is 1. The van der Waals surface area contributed by atoms with Gasteiger partial charge >= 0.3 is 0 Å². The SMILES string of the molecule is O=C(NCc1cccs1)C1C2C=CC3(CN(Cc4cccnc4)C(=O)C13)O2. The number of pyridine rings is 1. The summed E-state index contributed by atoms with van der Waals surface area (Å²) in [6.45, 7) is 1.44. The maximum Gasteiger partial charge on any atom is 0.230 e. The van der Waals surface area contributed by atoms with Crippen LogP contribution in [0.2, 0.25) is 0 Å². The smallest absolute Gasteiger partial charge is 0.230 e. The van der Waals surface area contributed by atoms with Crippen LogP contribution in [-0.2, 0) is 27.4 Å². The van der Waals surface area contributed by atoms with Crippen LogP contribution in [0.3, 0.4) is 0 Å². The van der Waals surface area contributed by atoms with Gasteiger partial charge in [0, 0.05) is 23.8 Å². The van der Waals surface area contributed by atoms with Crippen LogP contribution in [0.1, 0.15) is 10.4 Å². The number of likely N-dealkylation sites (tertiary alicyclic amines) is 1. The summed E-state index contributed by atoms with van der Waals surface area (Å²) >= 11 is 1.60. The fraction of sp³-hybridized carbons (Fsp3) is 0.350. The van der Waals surface area contributed by atoms with Crippen LogP contribution >= 0.6 is 11.3 Å². The van der Waals surface area contributed by atoms with Crippen LogP contribution in [0.15, 0.2) is 54.2 Å². The standard InChI is InChI=1S/C20H19N3O3S/c24-18(22-10-14-4-2-8-27-14)16-15-5-6-20(26-15)12-23(19(25)17(16)20)11-13-3-1-7-21-9-13/h1-9,15-17H,10-12H2,(H,22,24). The predicted molar refractivity (Wildman–Crippen MR) is 99.5 cm³/mol. The van der Waals surface area contributed by atoms with E-state index in [0.717, 1.165) is 10.4 Å². The number of hydrogen-bond donors (Lipinski definition) is 1. The average molecular weight is 381 g/mol. The number of carbonyl (C=O) groups is 2. The first-order valence-electron chi connectivity index (χ1n) is 9.01. The second kappa shape index (κ2) is 6.28. The first-order chi connectivity index (χ1) is 13.2. The number of nitrogens with one attached hydrogen (secondary N) is 1. The van der Waals surface area contributed by atoms with Gasteiger partial charge in [0.25, 0.3) is 0 Å². The van der Waals surface area contributed by atoms with Crippen LogP contribution in [0, 0.1) is 11.8 Å². The molecule has 7 heteroatoms. The average Bonchev–Trinajstić information content (AvgIpc) is 3.44. The minimum atomic E-state index is -0.672. The largest absolute Gasteiger partial charge is 0.360 e. The van der Waals surface area contributed by atoms with Crippen LogP contribution in [0.5, 0.6) is 0 Å². The molecule has 2 aromatic heterocycles. The van der Waals surface area contributed by atoms with E-state index in [-0.39, 0.29) is 17.9 Å². The van der Waals surface area contributed by atoms with E-state index in [4.69, 9.17) is 4.74 Å². The van der Waals surface area contributed by atoms with E-state index in [0.29, 0.717) is 19.6 Å². The minimum absolute atomic E-state index is 0.0121. The Morgan fingerprint density at radius 3 is 3.11 bits per heavy atom. The third-order valence-corrected chi connectivity index (χ3v) is 6.47. The molecule has 5 rings (SSSR count). The van der Waals surface area contributed by atoms with Crippen molar-refractivity contribution in [3.63, 3.8) is 0 Å². The third-order valence-electron chi connectivity index (χ3n) is 5.59. The van der Waals surface area contributed by atoms with E-state index in [1.54, 1.807) is 28.6 Å². The Kier molecular flexibility index (Phi) is 3.87. The van der Waals surface area contributed by atoms with Crippen molar-refractivity contribution in [1.29, 1.82) is 0 Å². The van der Waals surface area contributed by atoms with E-state index < -0.39 is 17.4 Å². The molecule has 5 heterocycles. The van der Waals surface area contributed by atoms with E-state index >= 15 is 0 Å². The molecular formula is C20H19N3O3S. The zero-order valence-electron chi connectivity index (χ0n) is 14.6. The molecule has 2 saturated heterocycles. The lowest BCUT2D eigenvalue weighted by Crippen LogP contribution is -2.43. The molecule has 2 fully saturated rings. The number of nitrogens with zero attached hydrogens (tertiary/aromatic N) is 2. The highest BCUT2D eigenvalue weighted by Crippen LogP contribution is 2.52. The number of thiophene rings is 1. The van der Waals surface area contributed by atoms with Crippen molar-refractivity contribution in [1.82, 2.24) is 15.2 Å². The molecule has 3 aliphatic rings. The van der Waals surface area contributed by atoms with E-state index in [1.165, 1.54) is 0 Å². The van der Waals surface area contributed by atoms with Crippen molar-refractivity contribution in [2.45, 2.75) is 24.8 Å². The fourth-order valence-corrected chi connectivity index (χ4v) is 5.07. The summed E-state index contributed by atoms with van der Waals surface area (Å²) in [5.74, 6) is -1.04. The quantitative estimate of drug-likeness (QED) is 0.801. The minimum Gasteiger partial charge on any atom is -0.360 e. The van der Waals surface area contributed by atoms with Crippen molar-refractivity contribution < 1.29 is 14.3 Å². The summed E-state index contributed by atoms with van der Waals surface area (Å²) in [6, 6.07) is 7.75. The molecule has 0 aliphatic carbocycles. The third kappa shape index (κ3) is 2.69. The van der Waals surface area contributed by atoms with Gasteiger partial charge in [0.15, 0.2) is 0 Å². The lowest BCUT2D eigenvalue weighted by molar-refractivity contribution is -0.137. The van der Waals surface area contributed by atoms with Gasteiger partial charge in [-0.2, -0.15) is 0 Å². The fourth-order valence-electron chi connectivity index (χ4n) is 4.43. The molecule has 1 spiro atoms. The Bertz CT molecular complexity index is 898. The van der Waals surface area contributed by atoms with Crippen LogP contribution < -0.4 is 5.32 Å². The van der Waals surface area contributed by atoms with Crippen molar-refractivity contribution in [3.8, 4) is 0 Å². The topological polar surface area (TPSA) is 71.5 Å². The predicted octanol–water partition coefficient (Wildman–Crippen LogP) is 1.74. The first-order valence-corrected chi connectivity index (χ1v) is 9.89. The zero-order chi connectivity index (χ0) is 18.4. The molecular weight excluding hydrogens is 362 g/mol. The highest BCUT2D eigenvalue weighted by molar-refractivity contribution is 7.09. The van der Waals surface area contributed by atoms with Gasteiger partial charge in [0.2, 0.25) is 11.8 Å². The monoisotopic (exact) mass is 381 g/mol. The molecule has 6 nitrogen and oxygen atoms in total. The van der Waals surface area contributed by atoms with Crippen LogP contribution in [0.25, 0.3) is 0 Å². The summed E-state index contributed by atoms with van der Waals surface area (Å²) in [6.07, 6.45) is 7.07. The molecule has 2 bridgehead atoms. The Hall–Kier alpha value is -2.51. The van der Waals surface area contributed by atoms with Gasteiger partial charge in [-0.1, -0.05) is 24.3 Å². The van der Waals surface area contributed by atoms with Gasteiger partial charge in [-0.05, 0) is 23.1 Å². The maximum atomic E-state index is 13.1. The number of ether oxygens (including phenoxy) is 1. The lowest BCUT2D eigenvalue weighted by atomic mass is 9.77. The second-order valence-electron chi connectivity index (χ2n) is 7.25. The summed E-state index contributed by atoms with van der Waals surface area (Å²) in [5, 5.41) is 4.97. The Morgan fingerprint density at radius 1 is 1.41 bits per heavy atom. The lowest BCUT2D eigenvalue weighted by Gasteiger charge is -2.23. The number of carbonyl (C=O) groups excluding carboxylic acids is 2. The number of amides is 2. The zero-order valence-corrected chi connectivity index (χ0v) is 15.4. The van der Waals surface area contributed by atoms with Gasteiger partial charge in [-0.3, -0.25) is 14.6 Å². The van der Waals surface area contributed by atoms with Gasteiger partial charge in [0.1, 0.15) is 5.60 Å². The summed E-state index contributed by atoms with van der Waals surface area (Å²) in [5.41, 5.74) is 0.300. The van der Waals surface area contributed by atoms with Crippen molar-refractivity contribution in [2.24, 2.45) is 11.8 Å². The van der Waals surface area contributed by atoms with Gasteiger partial charge in [-0.15, -0.1) is 11.3 Å². The molecule has 1 N–H and O–H groups in total. The molecule has 3 aliphatic heterocycles. The van der Waals surface area contributed by atoms with Crippen molar-refractivity contribution in [2.75, 3.05) is 6.54 Å². The van der Waals surface area contributed by atoms with Crippen molar-refractivity contribution >= 4 is 23.2 Å². The van der Waals surface area contributed by atoms with Crippen LogP contribution in [-0.4, -0.2) is 39.9 Å². The molecule has 0 saturated carbocycles. The number of fused-ring (bicyclic) bond motifs is 1. The highest BCUT2D eigenvalue weighted by atomic mass is 32.1. The van der Waals surface area contributed by atoms with E-state index in [2.05, 4.69) is 10.3 Å². The second-order valence-corrected chi connectivity index (χ2v) is 8.28. The summed E-state index contributed by atoms with van der Waals surface area (Å²) in [7, 11) is 0. The van der Waals surface area contributed by atoms with Gasteiger partial charge in [-0.25, -0.2) is 0 Å². The molecule has 4 unspecified atom stereocenters. The first kappa shape index (κ1) is 16.6. The van der Waals surface area contributed by atoms with Gasteiger partial charge < -0.3 is 15.0 Å². The Morgan fingerprint density at radius 2 is 2.33 bits per heavy atom. The Balaban J connectivity index is 1.34. The summed E-state index contributed by atoms with van der Waals surface area (Å²) < 4.78 is 6.15. The van der Waals surface area contributed by atoms with E-state index in [9.17, 15) is 9.59 Å². The number of hydrogen-bond acceptors (Lipinski definition) is 5. The molecule has 0 aromatic carbocycles. The molecule has 27 heavy (non-hydrogen) atoms. The highest BCUT2D eigenvalue weighted by Gasteiger charge is 2.66. The van der Waals surface area contributed by atoms with E-state index in [1.807, 2.05) is 41.8 Å².